The summed E-state index contributed by atoms with van der Waals surface area (Å²) in [7, 11) is 0. The first-order valence-corrected chi connectivity index (χ1v) is 7.92. The van der Waals surface area contributed by atoms with Crippen LogP contribution in [0.3, 0.4) is 0 Å². The molecule has 2 aromatic rings. The van der Waals surface area contributed by atoms with Gasteiger partial charge in [0.2, 0.25) is 0 Å². The molecular weight excluding hydrogens is 326 g/mol. The van der Waals surface area contributed by atoms with E-state index in [1.54, 1.807) is 0 Å². The van der Waals surface area contributed by atoms with Crippen molar-refractivity contribution in [1.82, 2.24) is 0 Å². The predicted octanol–water partition coefficient (Wildman–Crippen LogP) is 4.83. The molecule has 0 saturated heterocycles. The van der Waals surface area contributed by atoms with Gasteiger partial charge < -0.3 is 10.5 Å². The lowest BCUT2D eigenvalue weighted by atomic mass is 9.87. The molecule has 0 radical (unpaired) electrons. The standard InChI is InChI=1S/C18H22BrNO/c1-18(2,3)14-5-4-6-16(11-14)21-17(12-20)13-7-9-15(19)10-8-13/h4-11,17H,12,20H2,1-3H3. The molecule has 0 fully saturated rings. The van der Waals surface area contributed by atoms with Crippen molar-refractivity contribution in [2.45, 2.75) is 32.3 Å². The Morgan fingerprint density at radius 3 is 2.33 bits per heavy atom. The van der Waals surface area contributed by atoms with Crippen LogP contribution < -0.4 is 10.5 Å². The van der Waals surface area contributed by atoms with Crippen LogP contribution >= 0.6 is 15.9 Å². The van der Waals surface area contributed by atoms with E-state index in [1.807, 2.05) is 36.4 Å². The quantitative estimate of drug-likeness (QED) is 0.859. The van der Waals surface area contributed by atoms with Gasteiger partial charge in [0.25, 0.3) is 0 Å². The van der Waals surface area contributed by atoms with E-state index in [2.05, 4.69) is 48.8 Å². The summed E-state index contributed by atoms with van der Waals surface area (Å²) < 4.78 is 7.14. The minimum absolute atomic E-state index is 0.106. The summed E-state index contributed by atoms with van der Waals surface area (Å²) in [5.41, 5.74) is 8.33. The maximum absolute atomic E-state index is 6.09. The highest BCUT2D eigenvalue weighted by Gasteiger charge is 2.16. The van der Waals surface area contributed by atoms with Crippen LogP contribution in [0, 0.1) is 0 Å². The molecular formula is C18H22BrNO. The Morgan fingerprint density at radius 2 is 1.76 bits per heavy atom. The first-order chi connectivity index (χ1) is 9.90. The van der Waals surface area contributed by atoms with E-state index in [9.17, 15) is 0 Å². The summed E-state index contributed by atoms with van der Waals surface area (Å²) in [6.07, 6.45) is -0.131. The van der Waals surface area contributed by atoms with Crippen molar-refractivity contribution in [3.8, 4) is 5.75 Å². The summed E-state index contributed by atoms with van der Waals surface area (Å²) in [5.74, 6) is 0.862. The van der Waals surface area contributed by atoms with Crippen molar-refractivity contribution in [2.24, 2.45) is 5.73 Å². The Hall–Kier alpha value is -1.32. The van der Waals surface area contributed by atoms with E-state index in [-0.39, 0.29) is 11.5 Å². The first-order valence-electron chi connectivity index (χ1n) is 7.13. The second-order valence-corrected chi connectivity index (χ2v) is 7.09. The molecule has 1 unspecified atom stereocenters. The van der Waals surface area contributed by atoms with Gasteiger partial charge in [-0.3, -0.25) is 0 Å². The highest BCUT2D eigenvalue weighted by Crippen LogP contribution is 2.28. The second-order valence-electron chi connectivity index (χ2n) is 6.17. The van der Waals surface area contributed by atoms with E-state index in [4.69, 9.17) is 10.5 Å². The second kappa shape index (κ2) is 6.63. The molecule has 112 valence electrons. The van der Waals surface area contributed by atoms with Crippen LogP contribution in [0.25, 0.3) is 0 Å². The van der Waals surface area contributed by atoms with E-state index in [0.29, 0.717) is 6.54 Å². The van der Waals surface area contributed by atoms with Crippen molar-refractivity contribution in [3.05, 3.63) is 64.1 Å². The fourth-order valence-electron chi connectivity index (χ4n) is 2.13. The van der Waals surface area contributed by atoms with Gasteiger partial charge in [-0.15, -0.1) is 0 Å². The van der Waals surface area contributed by atoms with Crippen molar-refractivity contribution in [2.75, 3.05) is 6.54 Å². The van der Waals surface area contributed by atoms with Gasteiger partial charge in [-0.2, -0.15) is 0 Å². The third kappa shape index (κ3) is 4.32. The molecule has 0 bridgehead atoms. The molecule has 21 heavy (non-hydrogen) atoms. The van der Waals surface area contributed by atoms with Gasteiger partial charge in [0.1, 0.15) is 11.9 Å². The molecule has 0 amide bonds. The zero-order valence-electron chi connectivity index (χ0n) is 12.8. The lowest BCUT2D eigenvalue weighted by molar-refractivity contribution is 0.214. The van der Waals surface area contributed by atoms with Gasteiger partial charge in [-0.25, -0.2) is 0 Å². The van der Waals surface area contributed by atoms with Crippen molar-refractivity contribution in [1.29, 1.82) is 0 Å². The molecule has 2 N–H and O–H groups in total. The SMILES string of the molecule is CC(C)(C)c1cccc(OC(CN)c2ccc(Br)cc2)c1. The molecule has 0 aliphatic rings. The minimum Gasteiger partial charge on any atom is -0.484 e. The molecule has 0 aliphatic carbocycles. The molecule has 2 rings (SSSR count). The third-order valence-corrected chi connectivity index (χ3v) is 3.96. The monoisotopic (exact) mass is 347 g/mol. The van der Waals surface area contributed by atoms with Crippen molar-refractivity contribution in [3.63, 3.8) is 0 Å². The van der Waals surface area contributed by atoms with Crippen LogP contribution in [0.1, 0.15) is 38.0 Å². The molecule has 0 spiro atoms. The fraction of sp³-hybridized carbons (Fsp3) is 0.333. The van der Waals surface area contributed by atoms with Crippen LogP contribution in [-0.4, -0.2) is 6.54 Å². The van der Waals surface area contributed by atoms with E-state index in [1.165, 1.54) is 5.56 Å². The Morgan fingerprint density at radius 1 is 1.10 bits per heavy atom. The molecule has 2 nitrogen and oxygen atoms in total. The number of nitrogens with two attached hydrogens (primary N) is 1. The summed E-state index contributed by atoms with van der Waals surface area (Å²) in [4.78, 5) is 0. The highest BCUT2D eigenvalue weighted by atomic mass is 79.9. The van der Waals surface area contributed by atoms with Crippen molar-refractivity contribution < 1.29 is 4.74 Å². The zero-order chi connectivity index (χ0) is 15.5. The number of hydrogen-bond acceptors (Lipinski definition) is 2. The first kappa shape index (κ1) is 16.1. The van der Waals surface area contributed by atoms with E-state index < -0.39 is 0 Å². The lowest BCUT2D eigenvalue weighted by Crippen LogP contribution is -2.19. The van der Waals surface area contributed by atoms with Gasteiger partial charge in [0.05, 0.1) is 0 Å². The normalized spacial score (nSPS) is 13.0. The lowest BCUT2D eigenvalue weighted by Gasteiger charge is -2.22. The number of ether oxygens (including phenoxy) is 1. The molecule has 3 heteroatoms. The summed E-state index contributed by atoms with van der Waals surface area (Å²) in [6, 6.07) is 16.3. The molecule has 1 atom stereocenters. The van der Waals surface area contributed by atoms with Crippen molar-refractivity contribution >= 4 is 15.9 Å². The van der Waals surface area contributed by atoms with Crippen LogP contribution in [0.15, 0.2) is 53.0 Å². The average molecular weight is 348 g/mol. The van der Waals surface area contributed by atoms with Gasteiger partial charge in [0.15, 0.2) is 0 Å². The zero-order valence-corrected chi connectivity index (χ0v) is 14.4. The average Bonchev–Trinajstić information content (AvgIpc) is 2.45. The molecule has 0 aliphatic heterocycles. The Balaban J connectivity index is 2.21. The smallest absolute Gasteiger partial charge is 0.136 e. The largest absolute Gasteiger partial charge is 0.484 e. The maximum atomic E-state index is 6.09. The maximum Gasteiger partial charge on any atom is 0.136 e. The summed E-state index contributed by atoms with van der Waals surface area (Å²) in [6.45, 7) is 7.03. The van der Waals surface area contributed by atoms with Gasteiger partial charge in [-0.05, 0) is 40.8 Å². The molecule has 0 saturated carbocycles. The summed E-state index contributed by atoms with van der Waals surface area (Å²) in [5, 5.41) is 0. The number of benzene rings is 2. The number of hydrogen-bond donors (Lipinski definition) is 1. The predicted molar refractivity (Wildman–Crippen MR) is 91.7 cm³/mol. The topological polar surface area (TPSA) is 35.2 Å². The van der Waals surface area contributed by atoms with E-state index >= 15 is 0 Å². The number of rotatable bonds is 4. The molecule has 0 aromatic heterocycles. The fourth-order valence-corrected chi connectivity index (χ4v) is 2.39. The Labute approximate surface area is 135 Å². The van der Waals surface area contributed by atoms with Gasteiger partial charge in [0, 0.05) is 11.0 Å². The Kier molecular flexibility index (Phi) is 5.07. The van der Waals surface area contributed by atoms with Crippen LogP contribution in [-0.2, 0) is 5.41 Å². The Bertz CT molecular complexity index is 587. The molecule has 2 aromatic carbocycles. The number of halogens is 1. The molecule has 0 heterocycles. The minimum atomic E-state index is -0.131. The van der Waals surface area contributed by atoms with Gasteiger partial charge >= 0.3 is 0 Å². The van der Waals surface area contributed by atoms with Crippen LogP contribution in [0.4, 0.5) is 0 Å². The van der Waals surface area contributed by atoms with Gasteiger partial charge in [-0.1, -0.05) is 61.0 Å². The highest BCUT2D eigenvalue weighted by molar-refractivity contribution is 9.10. The van der Waals surface area contributed by atoms with Crippen LogP contribution in [0.5, 0.6) is 5.75 Å². The summed E-state index contributed by atoms with van der Waals surface area (Å²) >= 11 is 3.44. The van der Waals surface area contributed by atoms with Crippen LogP contribution in [0.2, 0.25) is 0 Å². The van der Waals surface area contributed by atoms with E-state index in [0.717, 1.165) is 15.8 Å². The third-order valence-electron chi connectivity index (χ3n) is 3.43.